The van der Waals surface area contributed by atoms with E-state index < -0.39 is 34.6 Å². The van der Waals surface area contributed by atoms with E-state index in [9.17, 15) is 22.0 Å². The van der Waals surface area contributed by atoms with Gasteiger partial charge in [-0.05, 0) is 31.9 Å². The molecule has 0 N–H and O–H groups in total. The highest BCUT2D eigenvalue weighted by Crippen LogP contribution is 2.26. The minimum atomic E-state index is -2.19. The van der Waals surface area contributed by atoms with Crippen molar-refractivity contribution < 1.29 is 22.0 Å². The average molecular weight is 316 g/mol. The zero-order valence-electron chi connectivity index (χ0n) is 11.3. The summed E-state index contributed by atoms with van der Waals surface area (Å²) in [5.41, 5.74) is 0.699. The van der Waals surface area contributed by atoms with Crippen LogP contribution in [0.4, 0.5) is 22.0 Å². The largest absolute Gasteiger partial charge is 0.202 e. The maximum Gasteiger partial charge on any atom is 0.200 e. The molecular weight excluding hydrogens is 307 g/mol. The van der Waals surface area contributed by atoms with E-state index in [1.54, 1.807) is 6.92 Å². The second kappa shape index (κ2) is 5.49. The van der Waals surface area contributed by atoms with Gasteiger partial charge in [-0.3, -0.25) is 0 Å². The lowest BCUT2D eigenvalue weighted by molar-refractivity contribution is 0.376. The van der Waals surface area contributed by atoms with Crippen molar-refractivity contribution in [3.63, 3.8) is 0 Å². The van der Waals surface area contributed by atoms with Gasteiger partial charge in [-0.1, -0.05) is 11.8 Å². The summed E-state index contributed by atoms with van der Waals surface area (Å²) in [7, 11) is 0. The Morgan fingerprint density at radius 3 is 1.57 bits per heavy atom. The van der Waals surface area contributed by atoms with Crippen LogP contribution in [0.3, 0.4) is 0 Å². The zero-order chi connectivity index (χ0) is 15.9. The first-order chi connectivity index (χ1) is 9.75. The van der Waals surface area contributed by atoms with Gasteiger partial charge in [-0.2, -0.15) is 0 Å². The predicted molar refractivity (Wildman–Crippen MR) is 70.7 cm³/mol. The summed E-state index contributed by atoms with van der Waals surface area (Å²) in [4.78, 5) is 1.52. The van der Waals surface area contributed by atoms with Gasteiger partial charge in [0.15, 0.2) is 23.3 Å². The monoisotopic (exact) mass is 316 g/mol. The fourth-order valence-electron chi connectivity index (χ4n) is 1.69. The molecule has 21 heavy (non-hydrogen) atoms. The normalized spacial score (nSPS) is 10.5. The topological polar surface area (TPSA) is 0 Å². The van der Waals surface area contributed by atoms with E-state index in [1.807, 2.05) is 13.8 Å². The summed E-state index contributed by atoms with van der Waals surface area (Å²) in [5.74, 6) is -5.47. The quantitative estimate of drug-likeness (QED) is 0.284. The van der Waals surface area contributed by atoms with Crippen LogP contribution in [0.15, 0.2) is 0 Å². The van der Waals surface area contributed by atoms with Crippen molar-refractivity contribution in [3.8, 4) is 11.8 Å². The molecular formula is C15H9F5S. The standard InChI is InChI=1S/C15H9F5S/c1-6-7(2)10(21-8(6)3)5-4-9-11(16)13(18)15(20)14(19)12(9)17/h1-3H3. The van der Waals surface area contributed by atoms with Gasteiger partial charge in [-0.15, -0.1) is 11.3 Å². The highest BCUT2D eigenvalue weighted by atomic mass is 32.1. The van der Waals surface area contributed by atoms with E-state index in [0.29, 0.717) is 4.88 Å². The van der Waals surface area contributed by atoms with Crippen molar-refractivity contribution in [3.05, 3.63) is 55.5 Å². The number of rotatable bonds is 0. The van der Waals surface area contributed by atoms with Crippen LogP contribution < -0.4 is 0 Å². The van der Waals surface area contributed by atoms with Crippen molar-refractivity contribution >= 4 is 11.3 Å². The van der Waals surface area contributed by atoms with Gasteiger partial charge in [0.05, 0.1) is 4.88 Å². The summed E-state index contributed by atoms with van der Waals surface area (Å²) in [5, 5.41) is 0. The second-order valence-electron chi connectivity index (χ2n) is 4.43. The van der Waals surface area contributed by atoms with Crippen molar-refractivity contribution in [2.24, 2.45) is 0 Å². The van der Waals surface area contributed by atoms with Crippen LogP contribution in [0.25, 0.3) is 0 Å². The predicted octanol–water partition coefficient (Wildman–Crippen LogP) is 4.77. The Bertz CT molecular complexity index is 764. The van der Waals surface area contributed by atoms with E-state index in [1.165, 1.54) is 11.3 Å². The average Bonchev–Trinajstić information content (AvgIpc) is 2.70. The van der Waals surface area contributed by atoms with Crippen LogP contribution in [0, 0.1) is 61.7 Å². The van der Waals surface area contributed by atoms with E-state index >= 15 is 0 Å². The number of aryl methyl sites for hydroxylation is 1. The molecule has 0 aliphatic rings. The molecule has 2 aromatic rings. The van der Waals surface area contributed by atoms with Crippen LogP contribution in [0.1, 0.15) is 26.4 Å². The third kappa shape index (κ3) is 2.54. The highest BCUT2D eigenvalue weighted by molar-refractivity contribution is 7.12. The van der Waals surface area contributed by atoms with Crippen molar-refractivity contribution in [1.29, 1.82) is 0 Å². The minimum absolute atomic E-state index is 0.536. The Hall–Kier alpha value is -1.87. The number of hydrogen-bond acceptors (Lipinski definition) is 1. The maximum absolute atomic E-state index is 13.5. The van der Waals surface area contributed by atoms with E-state index in [2.05, 4.69) is 11.8 Å². The van der Waals surface area contributed by atoms with Crippen molar-refractivity contribution in [2.75, 3.05) is 0 Å². The van der Waals surface area contributed by atoms with E-state index in [-0.39, 0.29) is 0 Å². The van der Waals surface area contributed by atoms with Gasteiger partial charge < -0.3 is 0 Å². The van der Waals surface area contributed by atoms with Crippen LogP contribution in [0.5, 0.6) is 0 Å². The van der Waals surface area contributed by atoms with Gasteiger partial charge in [0.25, 0.3) is 0 Å². The molecule has 0 atom stereocenters. The molecule has 0 bridgehead atoms. The number of thiophene rings is 1. The first-order valence-electron chi connectivity index (χ1n) is 5.85. The molecule has 0 aliphatic heterocycles. The van der Waals surface area contributed by atoms with Gasteiger partial charge in [0.2, 0.25) is 5.82 Å². The molecule has 110 valence electrons. The molecule has 0 radical (unpaired) electrons. The number of hydrogen-bond donors (Lipinski definition) is 0. The molecule has 1 heterocycles. The van der Waals surface area contributed by atoms with Gasteiger partial charge >= 0.3 is 0 Å². The van der Waals surface area contributed by atoms with Crippen LogP contribution in [-0.2, 0) is 0 Å². The van der Waals surface area contributed by atoms with Crippen molar-refractivity contribution in [2.45, 2.75) is 20.8 Å². The van der Waals surface area contributed by atoms with Gasteiger partial charge in [0, 0.05) is 4.88 Å². The lowest BCUT2D eigenvalue weighted by atomic mass is 10.1. The molecule has 1 aromatic heterocycles. The van der Waals surface area contributed by atoms with E-state index in [4.69, 9.17) is 0 Å². The molecule has 0 fully saturated rings. The Balaban J connectivity index is 2.61. The summed E-state index contributed by atoms with van der Waals surface area (Å²) in [6.45, 7) is 5.50. The number of benzene rings is 1. The first-order valence-corrected chi connectivity index (χ1v) is 6.67. The van der Waals surface area contributed by atoms with Crippen molar-refractivity contribution in [1.82, 2.24) is 0 Å². The Morgan fingerprint density at radius 2 is 1.14 bits per heavy atom. The Kier molecular flexibility index (Phi) is 4.06. The van der Waals surface area contributed by atoms with Gasteiger partial charge in [0.1, 0.15) is 5.56 Å². The lowest BCUT2D eigenvalue weighted by Gasteiger charge is -2.02. The van der Waals surface area contributed by atoms with Crippen LogP contribution >= 0.6 is 11.3 Å². The molecule has 0 spiro atoms. The highest BCUT2D eigenvalue weighted by Gasteiger charge is 2.24. The SMILES string of the molecule is Cc1sc(C#Cc2c(F)c(F)c(F)c(F)c2F)c(C)c1C. The molecule has 0 aliphatic carbocycles. The fraction of sp³-hybridized carbons (Fsp3) is 0.200. The third-order valence-electron chi connectivity index (χ3n) is 3.20. The van der Waals surface area contributed by atoms with Gasteiger partial charge in [-0.25, -0.2) is 22.0 Å². The summed E-state index contributed by atoms with van der Waals surface area (Å²) in [6, 6.07) is 0. The molecule has 0 amide bonds. The Labute approximate surface area is 122 Å². The summed E-state index contributed by atoms with van der Waals surface area (Å²) in [6.07, 6.45) is 0. The number of halogens is 5. The summed E-state index contributed by atoms with van der Waals surface area (Å²) < 4.78 is 65.9. The molecule has 0 saturated carbocycles. The molecule has 0 nitrogen and oxygen atoms in total. The lowest BCUT2D eigenvalue weighted by Crippen LogP contribution is -2.04. The molecule has 1 aromatic carbocycles. The summed E-state index contributed by atoms with van der Waals surface area (Å²) >= 11 is 1.30. The first kappa shape index (κ1) is 15.5. The molecule has 6 heteroatoms. The third-order valence-corrected chi connectivity index (χ3v) is 4.42. The Morgan fingerprint density at radius 1 is 0.667 bits per heavy atom. The zero-order valence-corrected chi connectivity index (χ0v) is 12.1. The molecule has 2 rings (SSSR count). The molecule has 0 saturated heterocycles. The minimum Gasteiger partial charge on any atom is -0.202 e. The maximum atomic E-state index is 13.5. The second-order valence-corrected chi connectivity index (χ2v) is 5.66. The smallest absolute Gasteiger partial charge is 0.200 e. The fourth-order valence-corrected chi connectivity index (χ4v) is 2.71. The molecule has 0 unspecified atom stereocenters. The van der Waals surface area contributed by atoms with E-state index in [0.717, 1.165) is 16.0 Å². The van der Waals surface area contributed by atoms with Crippen LogP contribution in [0.2, 0.25) is 0 Å². The van der Waals surface area contributed by atoms with Crippen LogP contribution in [-0.4, -0.2) is 0 Å².